The van der Waals surface area contributed by atoms with Crippen LogP contribution in [0.4, 0.5) is 0 Å². The van der Waals surface area contributed by atoms with Crippen molar-refractivity contribution in [2.75, 3.05) is 0 Å². The van der Waals surface area contributed by atoms with E-state index in [9.17, 15) is 5.21 Å². The van der Waals surface area contributed by atoms with Crippen molar-refractivity contribution in [3.05, 3.63) is 78.4 Å². The Kier molecular flexibility index (Phi) is 2.83. The predicted molar refractivity (Wildman–Crippen MR) is 83.3 cm³/mol. The van der Waals surface area contributed by atoms with Crippen LogP contribution in [0.3, 0.4) is 0 Å². The maximum atomic E-state index is 12.1. The first-order chi connectivity index (χ1) is 10.8. The largest absolute Gasteiger partial charge is 0.618 e. The number of benzene rings is 1. The minimum Gasteiger partial charge on any atom is -0.618 e. The molecule has 0 aliphatic rings. The molecule has 1 aromatic carbocycles. The normalized spacial score (nSPS) is 10.9. The van der Waals surface area contributed by atoms with Gasteiger partial charge in [-0.05, 0) is 24.3 Å². The molecule has 22 heavy (non-hydrogen) atoms. The number of rotatable bonds is 2. The number of fused-ring (bicyclic) bond motifs is 1. The summed E-state index contributed by atoms with van der Waals surface area (Å²) in [5.74, 6) is 0.544. The minimum absolute atomic E-state index is 0.544. The van der Waals surface area contributed by atoms with Gasteiger partial charge in [-0.15, -0.1) is 0 Å². The lowest BCUT2D eigenvalue weighted by Crippen LogP contribution is -2.28. The van der Waals surface area contributed by atoms with Gasteiger partial charge in [-0.1, -0.05) is 18.2 Å². The third kappa shape index (κ3) is 1.91. The highest BCUT2D eigenvalue weighted by Gasteiger charge is 2.18. The molecule has 5 heteroatoms. The van der Waals surface area contributed by atoms with Crippen molar-refractivity contribution in [1.82, 2.24) is 14.5 Å². The lowest BCUT2D eigenvalue weighted by molar-refractivity contribution is -0.593. The van der Waals surface area contributed by atoms with Crippen LogP contribution in [0.15, 0.2) is 73.2 Å². The van der Waals surface area contributed by atoms with Crippen molar-refractivity contribution >= 4 is 10.9 Å². The molecule has 0 bridgehead atoms. The molecular weight excluding hydrogens is 276 g/mol. The molecule has 0 aliphatic carbocycles. The van der Waals surface area contributed by atoms with E-state index in [1.165, 1.54) is 6.20 Å². The zero-order valence-electron chi connectivity index (χ0n) is 11.6. The molecule has 106 valence electrons. The molecule has 0 N–H and O–H groups in total. The van der Waals surface area contributed by atoms with Gasteiger partial charge in [0.2, 0.25) is 11.6 Å². The monoisotopic (exact) mass is 288 g/mol. The molecule has 0 aliphatic heterocycles. The first-order valence-electron chi connectivity index (χ1n) is 6.91. The molecule has 0 fully saturated rings. The number of hydrogen-bond acceptors (Lipinski definition) is 3. The fraction of sp³-hybridized carbons (Fsp3) is 0. The average molecular weight is 288 g/mol. The molecule has 4 rings (SSSR count). The first-order valence-corrected chi connectivity index (χ1v) is 6.91. The van der Waals surface area contributed by atoms with Crippen LogP contribution in [0, 0.1) is 5.21 Å². The SMILES string of the molecule is [O-][n+]1ccccc1-c1cc2ccccc2n1-c1ncccn1. The summed E-state index contributed by atoms with van der Waals surface area (Å²) >= 11 is 0. The van der Waals surface area contributed by atoms with Crippen LogP contribution in [0.1, 0.15) is 0 Å². The van der Waals surface area contributed by atoms with Crippen LogP contribution in [-0.4, -0.2) is 14.5 Å². The Morgan fingerprint density at radius 2 is 1.68 bits per heavy atom. The van der Waals surface area contributed by atoms with E-state index in [0.717, 1.165) is 21.3 Å². The summed E-state index contributed by atoms with van der Waals surface area (Å²) < 4.78 is 2.76. The van der Waals surface area contributed by atoms with Gasteiger partial charge in [0.1, 0.15) is 5.69 Å². The lowest BCUT2D eigenvalue weighted by Gasteiger charge is -2.08. The molecule has 3 heterocycles. The summed E-state index contributed by atoms with van der Waals surface area (Å²) in [6, 6.07) is 17.0. The summed E-state index contributed by atoms with van der Waals surface area (Å²) in [6.45, 7) is 0. The van der Waals surface area contributed by atoms with Crippen molar-refractivity contribution in [2.45, 2.75) is 0 Å². The van der Waals surface area contributed by atoms with Crippen LogP contribution < -0.4 is 4.73 Å². The van der Waals surface area contributed by atoms with Gasteiger partial charge in [-0.2, -0.15) is 4.73 Å². The highest BCUT2D eigenvalue weighted by atomic mass is 16.5. The minimum atomic E-state index is 0.544. The predicted octanol–water partition coefficient (Wildman–Crippen LogP) is 2.72. The summed E-state index contributed by atoms with van der Waals surface area (Å²) in [5.41, 5.74) is 2.29. The van der Waals surface area contributed by atoms with Crippen molar-refractivity contribution in [3.63, 3.8) is 0 Å². The molecular formula is C17H12N4O. The zero-order valence-corrected chi connectivity index (χ0v) is 11.6. The third-order valence-corrected chi connectivity index (χ3v) is 3.55. The number of aromatic nitrogens is 4. The Bertz CT molecular complexity index is 947. The Balaban J connectivity index is 2.09. The van der Waals surface area contributed by atoms with Gasteiger partial charge in [0, 0.05) is 29.9 Å². The van der Waals surface area contributed by atoms with E-state index in [2.05, 4.69) is 9.97 Å². The highest BCUT2D eigenvalue weighted by Crippen LogP contribution is 2.28. The average Bonchev–Trinajstić information content (AvgIpc) is 2.95. The zero-order chi connectivity index (χ0) is 14.9. The molecule has 3 aromatic heterocycles. The Morgan fingerprint density at radius 1 is 0.909 bits per heavy atom. The fourth-order valence-electron chi connectivity index (χ4n) is 2.59. The van der Waals surface area contributed by atoms with Crippen molar-refractivity contribution in [2.24, 2.45) is 0 Å². The van der Waals surface area contributed by atoms with Gasteiger partial charge in [-0.25, -0.2) is 9.97 Å². The van der Waals surface area contributed by atoms with Gasteiger partial charge in [0.25, 0.3) is 0 Å². The Labute approximate surface area is 126 Å². The van der Waals surface area contributed by atoms with E-state index in [0.29, 0.717) is 11.6 Å². The first kappa shape index (κ1) is 12.5. The molecule has 0 radical (unpaired) electrons. The standard InChI is InChI=1S/C17H12N4O/c22-20-11-4-3-8-15(20)16-12-13-6-1-2-7-14(13)21(16)17-18-9-5-10-19-17/h1-12H. The smallest absolute Gasteiger partial charge is 0.240 e. The van der Waals surface area contributed by atoms with Crippen LogP contribution in [-0.2, 0) is 0 Å². The Hall–Kier alpha value is -3.21. The second kappa shape index (κ2) is 4.96. The number of nitrogens with zero attached hydrogens (tertiary/aromatic N) is 4. The van der Waals surface area contributed by atoms with Crippen molar-refractivity contribution < 1.29 is 4.73 Å². The van der Waals surface area contributed by atoms with Gasteiger partial charge in [-0.3, -0.25) is 4.57 Å². The summed E-state index contributed by atoms with van der Waals surface area (Å²) in [4.78, 5) is 8.66. The van der Waals surface area contributed by atoms with Crippen molar-refractivity contribution in [3.8, 4) is 17.3 Å². The van der Waals surface area contributed by atoms with E-state index in [1.54, 1.807) is 30.6 Å². The van der Waals surface area contributed by atoms with Gasteiger partial charge in [0.15, 0.2) is 6.20 Å². The van der Waals surface area contributed by atoms with E-state index in [4.69, 9.17) is 0 Å². The molecule has 0 saturated carbocycles. The van der Waals surface area contributed by atoms with E-state index < -0.39 is 0 Å². The number of pyridine rings is 1. The molecule has 0 unspecified atom stereocenters. The lowest BCUT2D eigenvalue weighted by atomic mass is 10.2. The second-order valence-corrected chi connectivity index (χ2v) is 4.88. The van der Waals surface area contributed by atoms with E-state index >= 15 is 0 Å². The molecule has 0 atom stereocenters. The molecule has 0 saturated heterocycles. The van der Waals surface area contributed by atoms with Crippen molar-refractivity contribution in [1.29, 1.82) is 0 Å². The quantitative estimate of drug-likeness (QED) is 0.421. The van der Waals surface area contributed by atoms with Crippen LogP contribution >= 0.6 is 0 Å². The summed E-state index contributed by atoms with van der Waals surface area (Å²) in [7, 11) is 0. The molecule has 4 aromatic rings. The van der Waals surface area contributed by atoms with E-state index in [-0.39, 0.29) is 0 Å². The van der Waals surface area contributed by atoms with Crippen LogP contribution in [0.5, 0.6) is 0 Å². The van der Waals surface area contributed by atoms with Crippen LogP contribution in [0.2, 0.25) is 0 Å². The molecule has 0 amide bonds. The highest BCUT2D eigenvalue weighted by molar-refractivity contribution is 5.87. The molecule has 5 nitrogen and oxygen atoms in total. The topological polar surface area (TPSA) is 57.6 Å². The second-order valence-electron chi connectivity index (χ2n) is 4.88. The summed E-state index contributed by atoms with van der Waals surface area (Å²) in [5, 5.41) is 13.2. The van der Waals surface area contributed by atoms with Gasteiger partial charge < -0.3 is 5.21 Å². The maximum absolute atomic E-state index is 12.1. The van der Waals surface area contributed by atoms with E-state index in [1.807, 2.05) is 41.0 Å². The van der Waals surface area contributed by atoms with Gasteiger partial charge in [0.05, 0.1) is 5.52 Å². The Morgan fingerprint density at radius 3 is 2.50 bits per heavy atom. The maximum Gasteiger partial charge on any atom is 0.240 e. The number of hydrogen-bond donors (Lipinski definition) is 0. The number of para-hydroxylation sites is 1. The molecule has 0 spiro atoms. The third-order valence-electron chi connectivity index (χ3n) is 3.55. The summed E-state index contributed by atoms with van der Waals surface area (Å²) in [6.07, 6.45) is 4.87. The van der Waals surface area contributed by atoms with Gasteiger partial charge >= 0.3 is 0 Å². The van der Waals surface area contributed by atoms with Crippen LogP contribution in [0.25, 0.3) is 28.2 Å². The fourth-order valence-corrected chi connectivity index (χ4v) is 2.59.